The zero-order valence-electron chi connectivity index (χ0n) is 20.2. The van der Waals surface area contributed by atoms with Gasteiger partial charge >= 0.3 is 7.32 Å². The Morgan fingerprint density at radius 3 is 2.52 bits per heavy atom. The molecule has 1 heterocycles. The Hall–Kier alpha value is -2.17. The van der Waals surface area contributed by atoms with E-state index in [4.69, 9.17) is 18.8 Å². The fraction of sp³-hybridized carbons (Fsp3) is 0.542. The summed E-state index contributed by atoms with van der Waals surface area (Å²) in [5.74, 6) is 0.902. The van der Waals surface area contributed by atoms with Crippen LogP contribution in [0, 0.1) is 0 Å². The number of benzene rings is 1. The normalized spacial score (nSPS) is 13.5. The van der Waals surface area contributed by atoms with Crippen LogP contribution in [0.3, 0.4) is 0 Å². The molecule has 9 heteroatoms. The lowest BCUT2D eigenvalue weighted by molar-refractivity contribution is -0.00453. The first-order chi connectivity index (χ1) is 15.7. The summed E-state index contributed by atoms with van der Waals surface area (Å²) in [5, 5.41) is 29.6. The van der Waals surface area contributed by atoms with Crippen molar-refractivity contribution >= 4 is 7.32 Å². The number of rotatable bonds is 14. The van der Waals surface area contributed by atoms with Gasteiger partial charge in [0.15, 0.2) is 11.5 Å². The molecule has 1 aromatic carbocycles. The van der Waals surface area contributed by atoms with E-state index in [2.05, 4.69) is 4.98 Å². The molecule has 2 atom stereocenters. The topological polar surface area (TPSA) is 111 Å². The van der Waals surface area contributed by atoms with Crippen molar-refractivity contribution < 1.29 is 34.0 Å². The first-order valence-electron chi connectivity index (χ1n) is 11.2. The Morgan fingerprint density at radius 2 is 1.88 bits per heavy atom. The summed E-state index contributed by atoms with van der Waals surface area (Å²) in [7, 11) is 0.120. The largest absolute Gasteiger partial charge is 0.637 e. The van der Waals surface area contributed by atoms with Gasteiger partial charge in [-0.3, -0.25) is 4.98 Å². The van der Waals surface area contributed by atoms with Crippen LogP contribution in [0.1, 0.15) is 52.0 Å². The highest BCUT2D eigenvalue weighted by atomic mass is 16.7. The molecule has 0 aliphatic heterocycles. The summed E-state index contributed by atoms with van der Waals surface area (Å²) in [5.41, 5.74) is 1.74. The zero-order valence-corrected chi connectivity index (χ0v) is 20.2. The third kappa shape index (κ3) is 8.60. The molecule has 0 aliphatic rings. The molecule has 0 saturated carbocycles. The highest BCUT2D eigenvalue weighted by molar-refractivity contribution is 6.34. The molecule has 3 N–H and O–H groups in total. The number of nitrogens with zero attached hydrogens (tertiary/aromatic N) is 1. The number of aliphatic hydroxyl groups is 2. The minimum absolute atomic E-state index is 0.0288. The molecule has 0 spiro atoms. The molecule has 1 aromatic heterocycles. The smallest absolute Gasteiger partial charge is 0.493 e. The minimum Gasteiger partial charge on any atom is -0.493 e. The monoisotopic (exact) mass is 461 g/mol. The van der Waals surface area contributed by atoms with Crippen LogP contribution in [-0.2, 0) is 9.31 Å². The number of aliphatic hydroxyl groups excluding tert-OH is 2. The molecule has 182 valence electrons. The van der Waals surface area contributed by atoms with Gasteiger partial charge in [-0.15, -0.1) is 0 Å². The maximum atomic E-state index is 10.1. The average Bonchev–Trinajstić information content (AvgIpc) is 2.76. The van der Waals surface area contributed by atoms with E-state index in [9.17, 15) is 15.2 Å². The van der Waals surface area contributed by atoms with Gasteiger partial charge in [-0.1, -0.05) is 13.0 Å². The van der Waals surface area contributed by atoms with Gasteiger partial charge in [0.25, 0.3) is 0 Å². The lowest BCUT2D eigenvalue weighted by Crippen LogP contribution is -2.38. The van der Waals surface area contributed by atoms with Gasteiger partial charge in [0.1, 0.15) is 0 Å². The fourth-order valence-corrected chi connectivity index (χ4v) is 3.54. The second-order valence-corrected chi connectivity index (χ2v) is 8.67. The summed E-state index contributed by atoms with van der Waals surface area (Å²) < 4.78 is 22.1. The number of aromatic nitrogens is 1. The number of hydrogen-bond donors (Lipinski definition) is 3. The quantitative estimate of drug-likeness (QED) is 0.368. The van der Waals surface area contributed by atoms with Crippen LogP contribution in [0.2, 0.25) is 0 Å². The lowest BCUT2D eigenvalue weighted by Gasteiger charge is -2.28. The number of pyridine rings is 1. The van der Waals surface area contributed by atoms with Crippen LogP contribution in [-0.4, -0.2) is 66.2 Å². The van der Waals surface area contributed by atoms with Crippen LogP contribution in [0.25, 0.3) is 11.1 Å². The predicted molar refractivity (Wildman–Crippen MR) is 127 cm³/mol. The van der Waals surface area contributed by atoms with Crippen molar-refractivity contribution in [2.24, 2.45) is 0 Å². The molecule has 0 amide bonds. The van der Waals surface area contributed by atoms with Gasteiger partial charge in [-0.05, 0) is 56.5 Å². The summed E-state index contributed by atoms with van der Waals surface area (Å²) >= 11 is 0. The van der Waals surface area contributed by atoms with Crippen LogP contribution < -0.4 is 9.47 Å². The SMILES string of the molecule is CCCOc1cc(-c2cncc([C@H](CO)COB(O)OC(C)(C)CC(C)O)c2)ccc1OC. The van der Waals surface area contributed by atoms with Gasteiger partial charge < -0.3 is 34.0 Å². The van der Waals surface area contributed by atoms with E-state index in [0.717, 1.165) is 23.1 Å². The van der Waals surface area contributed by atoms with E-state index in [1.54, 1.807) is 40.3 Å². The van der Waals surface area contributed by atoms with Gasteiger partial charge in [-0.2, -0.15) is 0 Å². The maximum absolute atomic E-state index is 10.1. The van der Waals surface area contributed by atoms with E-state index in [1.165, 1.54) is 0 Å². The van der Waals surface area contributed by atoms with E-state index in [1.807, 2.05) is 31.2 Å². The maximum Gasteiger partial charge on any atom is 0.637 e. The summed E-state index contributed by atoms with van der Waals surface area (Å²) in [6.07, 6.45) is 4.05. The van der Waals surface area contributed by atoms with Crippen LogP contribution >= 0.6 is 0 Å². The number of ether oxygens (including phenoxy) is 2. The Bertz CT molecular complexity index is 862. The first kappa shape index (κ1) is 27.1. The van der Waals surface area contributed by atoms with Crippen molar-refractivity contribution in [2.75, 3.05) is 26.9 Å². The van der Waals surface area contributed by atoms with Gasteiger partial charge in [0, 0.05) is 36.9 Å². The molecule has 0 saturated heterocycles. The van der Waals surface area contributed by atoms with Crippen molar-refractivity contribution in [1.82, 2.24) is 4.98 Å². The van der Waals surface area contributed by atoms with Gasteiger partial charge in [0.2, 0.25) is 0 Å². The van der Waals surface area contributed by atoms with Crippen LogP contribution in [0.4, 0.5) is 0 Å². The third-order valence-corrected chi connectivity index (χ3v) is 5.06. The van der Waals surface area contributed by atoms with E-state index >= 15 is 0 Å². The van der Waals surface area contributed by atoms with E-state index in [-0.39, 0.29) is 13.2 Å². The van der Waals surface area contributed by atoms with Gasteiger partial charge in [0.05, 0.1) is 32.0 Å². The third-order valence-electron chi connectivity index (χ3n) is 5.06. The van der Waals surface area contributed by atoms with E-state index in [0.29, 0.717) is 24.5 Å². The Kier molecular flexibility index (Phi) is 10.6. The Balaban J connectivity index is 2.12. The lowest BCUT2D eigenvalue weighted by atomic mass is 9.97. The highest BCUT2D eigenvalue weighted by Crippen LogP contribution is 2.33. The molecular formula is C24H36BNO7. The zero-order chi connectivity index (χ0) is 24.4. The van der Waals surface area contributed by atoms with Crippen molar-refractivity contribution in [3.63, 3.8) is 0 Å². The van der Waals surface area contributed by atoms with Crippen molar-refractivity contribution in [3.05, 3.63) is 42.2 Å². The molecule has 2 rings (SSSR count). The van der Waals surface area contributed by atoms with Crippen molar-refractivity contribution in [3.8, 4) is 22.6 Å². The number of methoxy groups -OCH3 is 1. The minimum atomic E-state index is -1.48. The average molecular weight is 461 g/mol. The molecular weight excluding hydrogens is 425 g/mol. The van der Waals surface area contributed by atoms with Gasteiger partial charge in [-0.25, -0.2) is 0 Å². The van der Waals surface area contributed by atoms with Crippen molar-refractivity contribution in [1.29, 1.82) is 0 Å². The highest BCUT2D eigenvalue weighted by Gasteiger charge is 2.30. The molecule has 1 unspecified atom stereocenters. The Morgan fingerprint density at radius 1 is 1.12 bits per heavy atom. The molecule has 0 aliphatic carbocycles. The number of hydrogen-bond acceptors (Lipinski definition) is 8. The van der Waals surface area contributed by atoms with Crippen LogP contribution in [0.5, 0.6) is 11.5 Å². The summed E-state index contributed by atoms with van der Waals surface area (Å²) in [4.78, 5) is 4.32. The summed E-state index contributed by atoms with van der Waals surface area (Å²) in [6.45, 7) is 7.63. The molecule has 0 bridgehead atoms. The molecule has 2 aromatic rings. The fourth-order valence-electron chi connectivity index (χ4n) is 3.54. The van der Waals surface area contributed by atoms with E-state index < -0.39 is 24.9 Å². The van der Waals surface area contributed by atoms with Crippen LogP contribution in [0.15, 0.2) is 36.7 Å². The molecule has 33 heavy (non-hydrogen) atoms. The molecule has 0 radical (unpaired) electrons. The molecule has 0 fully saturated rings. The van der Waals surface area contributed by atoms with Crippen molar-refractivity contribution in [2.45, 2.75) is 58.2 Å². The predicted octanol–water partition coefficient (Wildman–Crippen LogP) is 3.18. The summed E-state index contributed by atoms with van der Waals surface area (Å²) in [6, 6.07) is 7.60. The first-order valence-corrected chi connectivity index (χ1v) is 11.2. The standard InChI is InChI=1S/C24H36BNO7/c1-6-9-31-23-11-18(7-8-22(23)30-5)19-10-20(14-26-13-19)21(15-27)16-32-25(29)33-24(3,4)12-17(2)28/h7-8,10-11,13-14,17,21,27-29H,6,9,12,15-16H2,1-5H3/t17?,21-/m1/s1. The second-order valence-electron chi connectivity index (χ2n) is 8.67. The Labute approximate surface area is 196 Å². The molecule has 8 nitrogen and oxygen atoms in total. The second kappa shape index (κ2) is 12.9.